The van der Waals surface area contributed by atoms with Crippen LogP contribution in [-0.2, 0) is 9.59 Å². The zero-order chi connectivity index (χ0) is 14.5. The first kappa shape index (κ1) is 15.3. The first-order valence-electron chi connectivity index (χ1n) is 7.86. The van der Waals surface area contributed by atoms with Crippen LogP contribution in [0.1, 0.15) is 51.9 Å². The lowest BCUT2D eigenvalue weighted by atomic mass is 9.82. The van der Waals surface area contributed by atoms with Gasteiger partial charge in [-0.05, 0) is 31.6 Å². The Balaban J connectivity index is 1.75. The maximum absolute atomic E-state index is 12.3. The second kappa shape index (κ2) is 7.07. The van der Waals surface area contributed by atoms with Crippen LogP contribution in [0.15, 0.2) is 0 Å². The maximum Gasteiger partial charge on any atom is 0.222 e. The highest BCUT2D eigenvalue weighted by molar-refractivity contribution is 5.77. The van der Waals surface area contributed by atoms with Crippen molar-refractivity contribution in [3.63, 3.8) is 0 Å². The maximum atomic E-state index is 12.3. The summed E-state index contributed by atoms with van der Waals surface area (Å²) in [5.74, 6) is 0.626. The highest BCUT2D eigenvalue weighted by Crippen LogP contribution is 2.26. The summed E-state index contributed by atoms with van der Waals surface area (Å²) in [5, 5.41) is 2.93. The number of amides is 2. The molecule has 5 nitrogen and oxygen atoms in total. The molecule has 20 heavy (non-hydrogen) atoms. The van der Waals surface area contributed by atoms with E-state index in [1.165, 1.54) is 12.8 Å². The predicted molar refractivity (Wildman–Crippen MR) is 78.0 cm³/mol. The van der Waals surface area contributed by atoms with Crippen LogP contribution >= 0.6 is 0 Å². The summed E-state index contributed by atoms with van der Waals surface area (Å²) < 4.78 is 0. The van der Waals surface area contributed by atoms with Gasteiger partial charge in [-0.1, -0.05) is 12.8 Å². The van der Waals surface area contributed by atoms with Gasteiger partial charge in [-0.15, -0.1) is 0 Å². The van der Waals surface area contributed by atoms with Crippen LogP contribution in [-0.4, -0.2) is 41.9 Å². The van der Waals surface area contributed by atoms with E-state index in [0.717, 1.165) is 38.8 Å². The third kappa shape index (κ3) is 4.20. The third-order valence-electron chi connectivity index (χ3n) is 4.66. The van der Waals surface area contributed by atoms with Gasteiger partial charge in [-0.2, -0.15) is 0 Å². The summed E-state index contributed by atoms with van der Waals surface area (Å²) in [6.45, 7) is 3.06. The molecular weight excluding hydrogens is 254 g/mol. The van der Waals surface area contributed by atoms with Crippen molar-refractivity contribution in [1.82, 2.24) is 10.2 Å². The SMILES string of the molecule is CC(=O)NC1CCN(C(=O)CC2CCCCC2N)CC1. The highest BCUT2D eigenvalue weighted by Gasteiger charge is 2.28. The second-order valence-electron chi connectivity index (χ2n) is 6.27. The van der Waals surface area contributed by atoms with Gasteiger partial charge in [0, 0.05) is 38.5 Å². The predicted octanol–water partition coefficient (Wildman–Crippen LogP) is 1.02. The van der Waals surface area contributed by atoms with E-state index < -0.39 is 0 Å². The Labute approximate surface area is 121 Å². The average Bonchev–Trinajstić information content (AvgIpc) is 2.41. The average molecular weight is 281 g/mol. The molecular formula is C15H27N3O2. The third-order valence-corrected chi connectivity index (χ3v) is 4.66. The summed E-state index contributed by atoms with van der Waals surface area (Å²) in [4.78, 5) is 25.3. The summed E-state index contributed by atoms with van der Waals surface area (Å²) in [6, 6.07) is 0.429. The molecule has 2 amide bonds. The Bertz CT molecular complexity index is 351. The lowest BCUT2D eigenvalue weighted by Crippen LogP contribution is -2.47. The Morgan fingerprint density at radius 1 is 1.15 bits per heavy atom. The second-order valence-corrected chi connectivity index (χ2v) is 6.27. The van der Waals surface area contributed by atoms with Crippen molar-refractivity contribution in [3.8, 4) is 0 Å². The standard InChI is InChI=1S/C15H27N3O2/c1-11(19)17-13-6-8-18(9-7-13)15(20)10-12-4-2-3-5-14(12)16/h12-14H,2-10,16H2,1H3,(H,17,19). The van der Waals surface area contributed by atoms with Gasteiger partial charge in [0.2, 0.25) is 11.8 Å². The van der Waals surface area contributed by atoms with Gasteiger partial charge in [-0.3, -0.25) is 9.59 Å². The fourth-order valence-electron chi connectivity index (χ4n) is 3.40. The smallest absolute Gasteiger partial charge is 0.222 e. The number of carbonyl (C=O) groups is 2. The topological polar surface area (TPSA) is 75.4 Å². The molecule has 1 aliphatic heterocycles. The van der Waals surface area contributed by atoms with Gasteiger partial charge in [-0.25, -0.2) is 0 Å². The summed E-state index contributed by atoms with van der Waals surface area (Å²) in [6.07, 6.45) is 6.89. The van der Waals surface area contributed by atoms with Gasteiger partial charge in [0.1, 0.15) is 0 Å². The monoisotopic (exact) mass is 281 g/mol. The summed E-state index contributed by atoms with van der Waals surface area (Å²) in [5.41, 5.74) is 6.12. The molecule has 0 aromatic heterocycles. The molecule has 2 unspecified atom stereocenters. The summed E-state index contributed by atoms with van der Waals surface area (Å²) in [7, 11) is 0. The van der Waals surface area contributed by atoms with Gasteiger partial charge in [0.15, 0.2) is 0 Å². The van der Waals surface area contributed by atoms with Crippen LogP contribution in [0.5, 0.6) is 0 Å². The lowest BCUT2D eigenvalue weighted by molar-refractivity contribution is -0.133. The Hall–Kier alpha value is -1.10. The van der Waals surface area contributed by atoms with Crippen molar-refractivity contribution < 1.29 is 9.59 Å². The zero-order valence-electron chi connectivity index (χ0n) is 12.4. The Morgan fingerprint density at radius 3 is 2.40 bits per heavy atom. The zero-order valence-corrected chi connectivity index (χ0v) is 12.4. The minimum absolute atomic E-state index is 0.0166. The van der Waals surface area contributed by atoms with Crippen molar-refractivity contribution in [3.05, 3.63) is 0 Å². The van der Waals surface area contributed by atoms with Crippen LogP contribution < -0.4 is 11.1 Å². The molecule has 2 rings (SSSR count). The molecule has 1 saturated heterocycles. The molecule has 0 radical (unpaired) electrons. The Kier molecular flexibility index (Phi) is 5.40. The number of nitrogens with two attached hydrogens (primary N) is 1. The molecule has 2 fully saturated rings. The van der Waals surface area contributed by atoms with E-state index in [1.807, 2.05) is 4.90 Å². The molecule has 1 saturated carbocycles. The Morgan fingerprint density at radius 2 is 1.80 bits per heavy atom. The molecule has 2 atom stereocenters. The van der Waals surface area contributed by atoms with Crippen molar-refractivity contribution in [2.75, 3.05) is 13.1 Å². The van der Waals surface area contributed by atoms with Crippen LogP contribution in [0.4, 0.5) is 0 Å². The molecule has 0 bridgehead atoms. The normalized spacial score (nSPS) is 28.2. The van der Waals surface area contributed by atoms with E-state index in [1.54, 1.807) is 6.92 Å². The van der Waals surface area contributed by atoms with Gasteiger partial charge in [0.25, 0.3) is 0 Å². The number of nitrogens with zero attached hydrogens (tertiary/aromatic N) is 1. The molecule has 0 aromatic carbocycles. The lowest BCUT2D eigenvalue weighted by Gasteiger charge is -2.34. The largest absolute Gasteiger partial charge is 0.353 e. The quantitative estimate of drug-likeness (QED) is 0.811. The molecule has 114 valence electrons. The van der Waals surface area contributed by atoms with Crippen molar-refractivity contribution in [2.24, 2.45) is 11.7 Å². The minimum Gasteiger partial charge on any atom is -0.353 e. The number of hydrogen-bond acceptors (Lipinski definition) is 3. The van der Waals surface area contributed by atoms with E-state index in [9.17, 15) is 9.59 Å². The van der Waals surface area contributed by atoms with Crippen molar-refractivity contribution in [2.45, 2.75) is 64.0 Å². The van der Waals surface area contributed by atoms with E-state index in [-0.39, 0.29) is 23.9 Å². The van der Waals surface area contributed by atoms with Gasteiger partial charge >= 0.3 is 0 Å². The molecule has 1 aliphatic carbocycles. The first-order valence-corrected chi connectivity index (χ1v) is 7.86. The fraction of sp³-hybridized carbons (Fsp3) is 0.867. The first-order chi connectivity index (χ1) is 9.56. The number of rotatable bonds is 3. The number of nitrogens with one attached hydrogen (secondary N) is 1. The van der Waals surface area contributed by atoms with E-state index in [0.29, 0.717) is 12.3 Å². The van der Waals surface area contributed by atoms with Crippen molar-refractivity contribution >= 4 is 11.8 Å². The minimum atomic E-state index is 0.0166. The summed E-state index contributed by atoms with van der Waals surface area (Å²) >= 11 is 0. The van der Waals surface area contributed by atoms with Crippen LogP contribution in [0.2, 0.25) is 0 Å². The molecule has 2 aliphatic rings. The number of piperidine rings is 1. The van der Waals surface area contributed by atoms with Crippen LogP contribution in [0.3, 0.4) is 0 Å². The van der Waals surface area contributed by atoms with Crippen molar-refractivity contribution in [1.29, 1.82) is 0 Å². The van der Waals surface area contributed by atoms with Gasteiger partial charge in [0.05, 0.1) is 0 Å². The molecule has 3 N–H and O–H groups in total. The highest BCUT2D eigenvalue weighted by atomic mass is 16.2. The molecule has 0 spiro atoms. The van der Waals surface area contributed by atoms with E-state index in [4.69, 9.17) is 5.73 Å². The number of carbonyl (C=O) groups excluding carboxylic acids is 2. The molecule has 0 aromatic rings. The van der Waals surface area contributed by atoms with Crippen LogP contribution in [0, 0.1) is 5.92 Å². The van der Waals surface area contributed by atoms with Gasteiger partial charge < -0.3 is 16.0 Å². The number of likely N-dealkylation sites (tertiary alicyclic amines) is 1. The fourth-order valence-corrected chi connectivity index (χ4v) is 3.40. The van der Waals surface area contributed by atoms with E-state index >= 15 is 0 Å². The van der Waals surface area contributed by atoms with Crippen LogP contribution in [0.25, 0.3) is 0 Å². The molecule has 5 heteroatoms. The molecule has 1 heterocycles. The number of hydrogen-bond donors (Lipinski definition) is 2. The van der Waals surface area contributed by atoms with E-state index in [2.05, 4.69) is 5.32 Å².